The lowest BCUT2D eigenvalue weighted by molar-refractivity contribution is -0.118. The van der Waals surface area contributed by atoms with Crippen LogP contribution in [0.5, 0.6) is 5.75 Å². The van der Waals surface area contributed by atoms with Crippen LogP contribution < -0.4 is 10.1 Å². The van der Waals surface area contributed by atoms with Crippen LogP contribution in [-0.2, 0) is 14.3 Å². The fraction of sp³-hybridized carbons (Fsp3) is 0.316. The molecule has 0 radical (unpaired) electrons. The Morgan fingerprint density at radius 2 is 1.64 bits per heavy atom. The summed E-state index contributed by atoms with van der Waals surface area (Å²) in [6, 6.07) is 7.02. The van der Waals surface area contributed by atoms with Crippen molar-refractivity contribution >= 4 is 50.1 Å². The van der Waals surface area contributed by atoms with Gasteiger partial charge in [-0.2, -0.15) is 0 Å². The maximum absolute atomic E-state index is 12.3. The number of benzene rings is 1. The lowest BCUT2D eigenvalue weighted by Gasteiger charge is -2.08. The lowest BCUT2D eigenvalue weighted by atomic mass is 10.1. The Balaban J connectivity index is 2.18. The topological polar surface area (TPSA) is 90.9 Å². The minimum absolute atomic E-state index is 0.145. The Morgan fingerprint density at radius 3 is 2.25 bits per heavy atom. The van der Waals surface area contributed by atoms with Crippen molar-refractivity contribution in [2.45, 2.75) is 20.8 Å². The van der Waals surface area contributed by atoms with Crippen molar-refractivity contribution in [3.8, 4) is 5.75 Å². The van der Waals surface area contributed by atoms with E-state index < -0.39 is 17.8 Å². The molecule has 0 bridgehead atoms. The van der Waals surface area contributed by atoms with E-state index in [2.05, 4.69) is 21.2 Å². The third kappa shape index (κ3) is 5.56. The number of hydrogen-bond donors (Lipinski definition) is 1. The molecule has 2 rings (SSSR count). The Bertz CT molecular complexity index is 862. The molecule has 150 valence electrons. The van der Waals surface area contributed by atoms with Crippen LogP contribution in [0.4, 0.5) is 5.00 Å². The van der Waals surface area contributed by atoms with Crippen molar-refractivity contribution in [2.75, 3.05) is 25.1 Å². The molecule has 0 saturated heterocycles. The van der Waals surface area contributed by atoms with Gasteiger partial charge in [0.1, 0.15) is 15.6 Å². The maximum atomic E-state index is 12.3. The number of halogens is 1. The van der Waals surface area contributed by atoms with Crippen LogP contribution in [0.25, 0.3) is 0 Å². The third-order valence-electron chi connectivity index (χ3n) is 3.52. The number of amides is 1. The smallest absolute Gasteiger partial charge is 0.348 e. The van der Waals surface area contributed by atoms with E-state index in [0.29, 0.717) is 11.3 Å². The minimum atomic E-state index is -0.615. The number of esters is 2. The molecule has 1 heterocycles. The second kappa shape index (κ2) is 10.2. The molecule has 0 spiro atoms. The number of anilines is 1. The summed E-state index contributed by atoms with van der Waals surface area (Å²) in [6.45, 7) is 5.10. The van der Waals surface area contributed by atoms with Gasteiger partial charge < -0.3 is 19.5 Å². The molecular formula is C19H20BrNO6S. The normalized spacial score (nSPS) is 10.3. The van der Waals surface area contributed by atoms with Gasteiger partial charge in [-0.1, -0.05) is 15.9 Å². The zero-order valence-corrected chi connectivity index (χ0v) is 18.1. The monoisotopic (exact) mass is 469 g/mol. The third-order valence-corrected chi connectivity index (χ3v) is 5.24. The van der Waals surface area contributed by atoms with Gasteiger partial charge in [0.25, 0.3) is 5.91 Å². The number of hydrogen-bond acceptors (Lipinski definition) is 7. The lowest BCUT2D eigenvalue weighted by Crippen LogP contribution is -2.21. The first-order chi connectivity index (χ1) is 13.4. The zero-order chi connectivity index (χ0) is 20.7. The van der Waals surface area contributed by atoms with Gasteiger partial charge in [-0.3, -0.25) is 4.79 Å². The van der Waals surface area contributed by atoms with Crippen molar-refractivity contribution in [3.05, 3.63) is 44.7 Å². The molecule has 2 aromatic rings. The first-order valence-corrected chi connectivity index (χ1v) is 10.1. The van der Waals surface area contributed by atoms with Crippen LogP contribution in [0.2, 0.25) is 0 Å². The molecule has 1 aromatic carbocycles. The van der Waals surface area contributed by atoms with E-state index in [1.807, 2.05) is 0 Å². The number of rotatable bonds is 8. The maximum Gasteiger partial charge on any atom is 0.348 e. The van der Waals surface area contributed by atoms with Crippen molar-refractivity contribution in [1.82, 2.24) is 0 Å². The SMILES string of the molecule is CCOC(=O)c1sc(NC(=O)COc2ccc(Br)cc2)c(C(=O)OCC)c1C. The van der Waals surface area contributed by atoms with Crippen LogP contribution >= 0.6 is 27.3 Å². The molecule has 0 saturated carbocycles. The van der Waals surface area contributed by atoms with Gasteiger partial charge >= 0.3 is 11.9 Å². The van der Waals surface area contributed by atoms with Crippen LogP contribution in [0.3, 0.4) is 0 Å². The largest absolute Gasteiger partial charge is 0.484 e. The molecule has 9 heteroatoms. The Hall–Kier alpha value is -2.39. The summed E-state index contributed by atoms with van der Waals surface area (Å²) in [7, 11) is 0. The molecule has 0 unspecified atom stereocenters. The molecule has 1 amide bonds. The van der Waals surface area contributed by atoms with Gasteiger partial charge in [0.15, 0.2) is 6.61 Å². The van der Waals surface area contributed by atoms with Gasteiger partial charge in [0.05, 0.1) is 18.8 Å². The minimum Gasteiger partial charge on any atom is -0.484 e. The zero-order valence-electron chi connectivity index (χ0n) is 15.7. The highest BCUT2D eigenvalue weighted by Crippen LogP contribution is 2.34. The first-order valence-electron chi connectivity index (χ1n) is 8.53. The first kappa shape index (κ1) is 21.9. The summed E-state index contributed by atoms with van der Waals surface area (Å²) >= 11 is 4.29. The van der Waals surface area contributed by atoms with Crippen LogP contribution in [0.1, 0.15) is 39.4 Å². The Labute approximate surface area is 175 Å². The van der Waals surface area contributed by atoms with E-state index in [-0.39, 0.29) is 35.3 Å². The fourth-order valence-electron chi connectivity index (χ4n) is 2.28. The van der Waals surface area contributed by atoms with Crippen molar-refractivity contribution < 1.29 is 28.6 Å². The summed E-state index contributed by atoms with van der Waals surface area (Å²) in [5, 5.41) is 2.85. The molecule has 28 heavy (non-hydrogen) atoms. The molecule has 0 atom stereocenters. The van der Waals surface area contributed by atoms with E-state index in [9.17, 15) is 14.4 Å². The second-order valence-electron chi connectivity index (χ2n) is 5.49. The van der Waals surface area contributed by atoms with E-state index >= 15 is 0 Å². The van der Waals surface area contributed by atoms with Gasteiger partial charge in [0.2, 0.25) is 0 Å². The summed E-state index contributed by atoms with van der Waals surface area (Å²) in [6.07, 6.45) is 0. The number of thiophene rings is 1. The summed E-state index contributed by atoms with van der Waals surface area (Å²) in [5.41, 5.74) is 0.554. The molecular weight excluding hydrogens is 450 g/mol. The number of carbonyl (C=O) groups excluding carboxylic acids is 3. The highest BCUT2D eigenvalue weighted by atomic mass is 79.9. The standard InChI is InChI=1S/C19H20BrNO6S/c1-4-25-18(23)15-11(3)16(19(24)26-5-2)28-17(15)21-14(22)10-27-13-8-6-12(20)7-9-13/h6-9H,4-5,10H2,1-3H3,(H,21,22). The second-order valence-corrected chi connectivity index (χ2v) is 7.43. The Kier molecular flexibility index (Phi) is 8.01. The fourth-order valence-corrected chi connectivity index (χ4v) is 3.65. The van der Waals surface area contributed by atoms with Crippen LogP contribution in [0, 0.1) is 6.92 Å². The molecule has 0 aliphatic carbocycles. The van der Waals surface area contributed by atoms with Gasteiger partial charge in [0, 0.05) is 4.47 Å². The molecule has 0 aliphatic heterocycles. The van der Waals surface area contributed by atoms with Gasteiger partial charge in [-0.25, -0.2) is 9.59 Å². The molecule has 1 aromatic heterocycles. The average molecular weight is 470 g/mol. The summed E-state index contributed by atoms with van der Waals surface area (Å²) in [4.78, 5) is 37.0. The summed E-state index contributed by atoms with van der Waals surface area (Å²) in [5.74, 6) is -1.11. The number of nitrogens with one attached hydrogen (secondary N) is 1. The van der Waals surface area contributed by atoms with E-state index in [0.717, 1.165) is 15.8 Å². The molecule has 0 aliphatic rings. The predicted octanol–water partition coefficient (Wildman–Crippen LogP) is 4.19. The number of ether oxygens (including phenoxy) is 3. The average Bonchev–Trinajstić information content (AvgIpc) is 2.97. The van der Waals surface area contributed by atoms with E-state index in [4.69, 9.17) is 14.2 Å². The highest BCUT2D eigenvalue weighted by Gasteiger charge is 2.27. The van der Waals surface area contributed by atoms with Crippen LogP contribution in [-0.4, -0.2) is 37.7 Å². The number of carbonyl (C=O) groups is 3. The van der Waals surface area contributed by atoms with E-state index in [1.165, 1.54) is 0 Å². The van der Waals surface area contributed by atoms with Crippen molar-refractivity contribution in [2.24, 2.45) is 0 Å². The van der Waals surface area contributed by atoms with Crippen molar-refractivity contribution in [1.29, 1.82) is 0 Å². The molecule has 7 nitrogen and oxygen atoms in total. The van der Waals surface area contributed by atoms with Gasteiger partial charge in [-0.15, -0.1) is 11.3 Å². The van der Waals surface area contributed by atoms with Gasteiger partial charge in [-0.05, 0) is 50.6 Å². The predicted molar refractivity (Wildman–Crippen MR) is 109 cm³/mol. The highest BCUT2D eigenvalue weighted by molar-refractivity contribution is 9.10. The molecule has 1 N–H and O–H groups in total. The Morgan fingerprint density at radius 1 is 1.04 bits per heavy atom. The quantitative estimate of drug-likeness (QED) is 0.582. The van der Waals surface area contributed by atoms with Crippen LogP contribution in [0.15, 0.2) is 28.7 Å². The van der Waals surface area contributed by atoms with E-state index in [1.54, 1.807) is 45.0 Å². The molecule has 0 fully saturated rings. The van der Waals surface area contributed by atoms with Crippen molar-refractivity contribution in [3.63, 3.8) is 0 Å². The summed E-state index contributed by atoms with van der Waals surface area (Å²) < 4.78 is 16.4.